The van der Waals surface area contributed by atoms with E-state index in [9.17, 15) is 9.59 Å². The summed E-state index contributed by atoms with van der Waals surface area (Å²) in [4.78, 5) is 22.8. The number of halogens is 1. The molecule has 0 saturated heterocycles. The van der Waals surface area contributed by atoms with Crippen LogP contribution in [-0.4, -0.2) is 29.4 Å². The van der Waals surface area contributed by atoms with E-state index in [1.807, 2.05) is 6.07 Å². The lowest BCUT2D eigenvalue weighted by Crippen LogP contribution is -2.14. The number of aliphatic carboxylic acids is 1. The quantitative estimate of drug-likeness (QED) is 0.111. The highest BCUT2D eigenvalue weighted by Gasteiger charge is 2.14. The second-order valence-corrected chi connectivity index (χ2v) is 7.17. The fourth-order valence-electron chi connectivity index (χ4n) is 3.11. The van der Waals surface area contributed by atoms with Crippen molar-refractivity contribution in [1.82, 2.24) is 5.32 Å². The minimum atomic E-state index is -0.770. The number of nitrogen functional groups attached to an aromatic ring is 1. The molecule has 0 aliphatic rings. The number of carboxylic acids is 1. The normalized spacial score (nSPS) is 10.5. The van der Waals surface area contributed by atoms with Gasteiger partial charge in [0.2, 0.25) is 5.76 Å². The van der Waals surface area contributed by atoms with Crippen LogP contribution in [0.25, 0.3) is 10.8 Å². The maximum atomic E-state index is 12.4. The van der Waals surface area contributed by atoms with Crippen LogP contribution in [0.5, 0.6) is 5.75 Å². The van der Waals surface area contributed by atoms with E-state index in [1.54, 1.807) is 42.5 Å². The molecule has 3 rings (SSSR count). The zero-order valence-corrected chi connectivity index (χ0v) is 18.2. The molecule has 3 aromatic rings. The van der Waals surface area contributed by atoms with E-state index in [1.165, 1.54) is 0 Å². The molecule has 32 heavy (non-hydrogen) atoms. The Bertz CT molecular complexity index is 1100. The molecule has 0 radical (unpaired) electrons. The Balaban J connectivity index is 0.00000363. The number of rotatable bonds is 11. The Labute approximate surface area is 191 Å². The first-order valence-corrected chi connectivity index (χ1v) is 10.0. The molecule has 0 fully saturated rings. The van der Waals surface area contributed by atoms with Crippen molar-refractivity contribution >= 4 is 41.0 Å². The third kappa shape index (κ3) is 7.11. The summed E-state index contributed by atoms with van der Waals surface area (Å²) in [5, 5.41) is 21.1. The molecule has 0 aliphatic carbocycles. The summed E-state index contributed by atoms with van der Waals surface area (Å²) in [6.45, 7) is 1.21. The standard InChI is InChI=1S/C23H25N3O5.ClH/c24-22(25)17-6-5-16-13-18(8-7-15(16)12-17)31-23(29)20-10-9-19(30-20)14-26-11-3-1-2-4-21(27)28;/h5-10,12-13,26H,1-4,11,14H2,(H3,24,25)(H,27,28);1H. The summed E-state index contributed by atoms with van der Waals surface area (Å²) < 4.78 is 11.0. The molecule has 170 valence electrons. The maximum Gasteiger partial charge on any atom is 0.379 e. The number of esters is 1. The zero-order chi connectivity index (χ0) is 22.2. The minimum Gasteiger partial charge on any atom is -0.481 e. The Morgan fingerprint density at radius 2 is 1.78 bits per heavy atom. The molecule has 2 aromatic carbocycles. The van der Waals surface area contributed by atoms with Crippen LogP contribution in [0.3, 0.4) is 0 Å². The van der Waals surface area contributed by atoms with Gasteiger partial charge in [0.05, 0.1) is 6.54 Å². The van der Waals surface area contributed by atoms with Crippen molar-refractivity contribution in [2.45, 2.75) is 32.2 Å². The molecule has 9 heteroatoms. The van der Waals surface area contributed by atoms with Crippen LogP contribution in [0.4, 0.5) is 0 Å². The average Bonchev–Trinajstić information content (AvgIpc) is 3.21. The van der Waals surface area contributed by atoms with Crippen LogP contribution < -0.4 is 15.8 Å². The van der Waals surface area contributed by atoms with Crippen LogP contribution in [0.15, 0.2) is 52.9 Å². The van der Waals surface area contributed by atoms with Crippen molar-refractivity contribution in [3.05, 3.63) is 65.6 Å². The van der Waals surface area contributed by atoms with E-state index in [0.717, 1.165) is 30.2 Å². The number of furan rings is 1. The summed E-state index contributed by atoms with van der Waals surface area (Å²) in [7, 11) is 0. The van der Waals surface area contributed by atoms with Crippen molar-refractivity contribution in [1.29, 1.82) is 5.41 Å². The first-order chi connectivity index (χ1) is 14.9. The number of unbranched alkanes of at least 4 members (excludes halogenated alkanes) is 2. The molecule has 0 aliphatic heterocycles. The van der Waals surface area contributed by atoms with Gasteiger partial charge in [-0.15, -0.1) is 12.4 Å². The lowest BCUT2D eigenvalue weighted by Gasteiger charge is -2.06. The Morgan fingerprint density at radius 1 is 1.03 bits per heavy atom. The molecule has 1 aromatic heterocycles. The molecule has 0 bridgehead atoms. The van der Waals surface area contributed by atoms with Crippen LogP contribution in [0, 0.1) is 5.41 Å². The molecule has 1 heterocycles. The van der Waals surface area contributed by atoms with E-state index < -0.39 is 11.9 Å². The molecule has 0 saturated carbocycles. The first kappa shape index (κ1) is 24.9. The number of benzene rings is 2. The number of hydrogen-bond acceptors (Lipinski definition) is 6. The SMILES string of the molecule is Cl.N=C(N)c1ccc2cc(OC(=O)c3ccc(CNCCCCCC(=O)O)o3)ccc2c1. The number of fused-ring (bicyclic) bond motifs is 1. The zero-order valence-electron chi connectivity index (χ0n) is 17.4. The smallest absolute Gasteiger partial charge is 0.379 e. The molecule has 0 spiro atoms. The molecular formula is C23H26ClN3O5. The van der Waals surface area contributed by atoms with Gasteiger partial charge in [0.1, 0.15) is 17.3 Å². The molecule has 0 unspecified atom stereocenters. The predicted octanol–water partition coefficient (Wildman–Crippen LogP) is 4.09. The highest BCUT2D eigenvalue weighted by Crippen LogP contribution is 2.23. The number of carbonyl (C=O) groups excluding carboxylic acids is 1. The number of carbonyl (C=O) groups is 2. The van der Waals surface area contributed by atoms with E-state index in [2.05, 4.69) is 5.32 Å². The van der Waals surface area contributed by atoms with E-state index in [-0.39, 0.29) is 30.4 Å². The second-order valence-electron chi connectivity index (χ2n) is 7.17. The van der Waals surface area contributed by atoms with Gasteiger partial charge in [-0.25, -0.2) is 4.79 Å². The Kier molecular flexibility index (Phi) is 9.24. The van der Waals surface area contributed by atoms with E-state index >= 15 is 0 Å². The van der Waals surface area contributed by atoms with Gasteiger partial charge in [0.15, 0.2) is 0 Å². The topological polar surface area (TPSA) is 139 Å². The summed E-state index contributed by atoms with van der Waals surface area (Å²) >= 11 is 0. The third-order valence-corrected chi connectivity index (χ3v) is 4.74. The van der Waals surface area contributed by atoms with Crippen LogP contribution in [0.1, 0.15) is 47.6 Å². The highest BCUT2D eigenvalue weighted by atomic mass is 35.5. The lowest BCUT2D eigenvalue weighted by atomic mass is 10.1. The predicted molar refractivity (Wildman–Crippen MR) is 124 cm³/mol. The summed E-state index contributed by atoms with van der Waals surface area (Å²) in [5.41, 5.74) is 6.15. The van der Waals surface area contributed by atoms with Crippen molar-refractivity contribution in [3.63, 3.8) is 0 Å². The molecule has 5 N–H and O–H groups in total. The number of carboxylic acid groups (broad SMARTS) is 1. The minimum absolute atomic E-state index is 0. The monoisotopic (exact) mass is 459 g/mol. The highest BCUT2D eigenvalue weighted by molar-refractivity contribution is 5.99. The van der Waals surface area contributed by atoms with Crippen molar-refractivity contribution in [2.75, 3.05) is 6.54 Å². The summed E-state index contributed by atoms with van der Waals surface area (Å²) in [5.74, 6) is -0.226. The molecule has 0 atom stereocenters. The number of hydrogen-bond donors (Lipinski definition) is 4. The molecule has 0 amide bonds. The van der Waals surface area contributed by atoms with Gasteiger partial charge in [-0.05, 0) is 60.5 Å². The Hall–Kier alpha value is -3.36. The summed E-state index contributed by atoms with van der Waals surface area (Å²) in [6, 6.07) is 13.9. The third-order valence-electron chi connectivity index (χ3n) is 4.74. The van der Waals surface area contributed by atoms with Gasteiger partial charge < -0.3 is 25.3 Å². The first-order valence-electron chi connectivity index (χ1n) is 10.0. The van der Waals surface area contributed by atoms with Crippen molar-refractivity contribution in [2.24, 2.45) is 5.73 Å². The number of nitrogens with two attached hydrogens (primary N) is 1. The second kappa shape index (κ2) is 11.9. The van der Waals surface area contributed by atoms with Gasteiger partial charge >= 0.3 is 11.9 Å². The van der Waals surface area contributed by atoms with Crippen molar-refractivity contribution < 1.29 is 23.8 Å². The molecule has 8 nitrogen and oxygen atoms in total. The summed E-state index contributed by atoms with van der Waals surface area (Å²) in [6.07, 6.45) is 2.58. The van der Waals surface area contributed by atoms with E-state index in [4.69, 9.17) is 25.4 Å². The van der Waals surface area contributed by atoms with Gasteiger partial charge in [0, 0.05) is 12.0 Å². The van der Waals surface area contributed by atoms with Crippen LogP contribution in [0.2, 0.25) is 0 Å². The van der Waals surface area contributed by atoms with Gasteiger partial charge in [-0.1, -0.05) is 24.6 Å². The van der Waals surface area contributed by atoms with E-state index in [0.29, 0.717) is 30.0 Å². The lowest BCUT2D eigenvalue weighted by molar-refractivity contribution is -0.137. The number of amidine groups is 1. The van der Waals surface area contributed by atoms with Crippen molar-refractivity contribution in [3.8, 4) is 5.75 Å². The molecular weight excluding hydrogens is 434 g/mol. The van der Waals surface area contributed by atoms with Crippen LogP contribution >= 0.6 is 12.4 Å². The number of ether oxygens (including phenoxy) is 1. The maximum absolute atomic E-state index is 12.4. The Morgan fingerprint density at radius 3 is 2.53 bits per heavy atom. The number of nitrogens with one attached hydrogen (secondary N) is 2. The van der Waals surface area contributed by atoms with Gasteiger partial charge in [-0.3, -0.25) is 10.2 Å². The largest absolute Gasteiger partial charge is 0.481 e. The van der Waals surface area contributed by atoms with Gasteiger partial charge in [0.25, 0.3) is 0 Å². The fourth-order valence-corrected chi connectivity index (χ4v) is 3.11. The average molecular weight is 460 g/mol. The van der Waals surface area contributed by atoms with Crippen LogP contribution in [-0.2, 0) is 11.3 Å². The fraction of sp³-hybridized carbons (Fsp3) is 0.261. The van der Waals surface area contributed by atoms with Gasteiger partial charge in [-0.2, -0.15) is 0 Å².